The Morgan fingerprint density at radius 3 is 1.82 bits per heavy atom. The summed E-state index contributed by atoms with van der Waals surface area (Å²) in [5.41, 5.74) is 12.0. The molecule has 132 valence electrons. The largest absolute Gasteiger partial charge is 0.393 e. The minimum atomic E-state index is -0.545. The van der Waals surface area contributed by atoms with Crippen LogP contribution in [0.25, 0.3) is 0 Å². The fourth-order valence-corrected chi connectivity index (χ4v) is 2.06. The van der Waals surface area contributed by atoms with Gasteiger partial charge < -0.3 is 21.7 Å². The van der Waals surface area contributed by atoms with E-state index in [0.29, 0.717) is 6.04 Å². The van der Waals surface area contributed by atoms with Gasteiger partial charge in [0.25, 0.3) is 0 Å². The lowest BCUT2D eigenvalue weighted by molar-refractivity contribution is 0.123. The summed E-state index contributed by atoms with van der Waals surface area (Å²) >= 11 is 0. The molecule has 0 radical (unpaired) electrons. The van der Waals surface area contributed by atoms with Crippen molar-refractivity contribution in [1.29, 1.82) is 0 Å². The van der Waals surface area contributed by atoms with Gasteiger partial charge in [-0.2, -0.15) is 0 Å². The Kier molecular flexibility index (Phi) is 16.2. The van der Waals surface area contributed by atoms with Crippen LogP contribution in [0.5, 0.6) is 0 Å². The molecule has 1 saturated carbocycles. The molecule has 1 aliphatic rings. The molecule has 0 aromatic heterocycles. The van der Waals surface area contributed by atoms with Crippen molar-refractivity contribution in [3.63, 3.8) is 0 Å². The average molecular weight is 315 g/mol. The van der Waals surface area contributed by atoms with Crippen molar-refractivity contribution in [2.45, 2.75) is 79.2 Å². The lowest BCUT2D eigenvalue weighted by Crippen LogP contribution is -2.28. The number of benzene rings is 1. The van der Waals surface area contributed by atoms with Crippen LogP contribution in [0.2, 0.25) is 0 Å². The Morgan fingerprint density at radius 2 is 1.45 bits per heavy atom. The zero-order chi connectivity index (χ0) is 14.3. The van der Waals surface area contributed by atoms with Gasteiger partial charge in [0.05, 0.1) is 12.2 Å². The molecular formula is C18H38N2O2. The lowest BCUT2D eigenvalue weighted by atomic mass is 9.94. The van der Waals surface area contributed by atoms with Gasteiger partial charge in [0.2, 0.25) is 0 Å². The van der Waals surface area contributed by atoms with E-state index < -0.39 is 6.10 Å². The summed E-state index contributed by atoms with van der Waals surface area (Å²) in [6, 6.07) is 9.58. The first kappa shape index (κ1) is 26.0. The first-order chi connectivity index (χ1) is 9.00. The fourth-order valence-electron chi connectivity index (χ4n) is 2.06. The van der Waals surface area contributed by atoms with Crippen molar-refractivity contribution in [2.24, 2.45) is 11.5 Å². The van der Waals surface area contributed by atoms with E-state index in [1.807, 2.05) is 30.3 Å². The molecule has 2 rings (SSSR count). The minimum Gasteiger partial charge on any atom is -0.393 e. The number of nitrogens with two attached hydrogens (primary N) is 2. The Bertz CT molecular complexity index is 326. The van der Waals surface area contributed by atoms with Gasteiger partial charge in [0, 0.05) is 12.1 Å². The zero-order valence-corrected chi connectivity index (χ0v) is 11.6. The predicted octanol–water partition coefficient (Wildman–Crippen LogP) is 3.22. The van der Waals surface area contributed by atoms with Crippen molar-refractivity contribution in [3.05, 3.63) is 35.9 Å². The summed E-state index contributed by atoms with van der Waals surface area (Å²) in [5.74, 6) is 0. The van der Waals surface area contributed by atoms with Crippen LogP contribution in [-0.2, 0) is 0 Å². The number of hydrogen-bond acceptors (Lipinski definition) is 4. The number of rotatable bonds is 2. The average Bonchev–Trinajstić information content (AvgIpc) is 2.43. The molecule has 6 N–H and O–H groups in total. The number of hydrogen-bond donors (Lipinski definition) is 4. The Morgan fingerprint density at radius 1 is 1.00 bits per heavy atom. The molecule has 1 aliphatic carbocycles. The van der Waals surface area contributed by atoms with E-state index in [9.17, 15) is 5.11 Å². The lowest BCUT2D eigenvalue weighted by Gasteiger charge is -2.21. The van der Waals surface area contributed by atoms with Crippen molar-refractivity contribution >= 4 is 0 Å². The van der Waals surface area contributed by atoms with Crippen LogP contribution in [-0.4, -0.2) is 28.4 Å². The summed E-state index contributed by atoms with van der Waals surface area (Å²) in [6.07, 6.45) is 3.20. The second kappa shape index (κ2) is 13.7. The van der Waals surface area contributed by atoms with Gasteiger partial charge in [-0.3, -0.25) is 0 Å². The van der Waals surface area contributed by atoms with Crippen LogP contribution >= 0.6 is 0 Å². The molecule has 22 heavy (non-hydrogen) atoms. The second-order valence-corrected chi connectivity index (χ2v) is 5.28. The highest BCUT2D eigenvalue weighted by molar-refractivity contribution is 5.18. The molecule has 4 nitrogen and oxygen atoms in total. The van der Waals surface area contributed by atoms with Gasteiger partial charge in [-0.1, -0.05) is 52.6 Å². The van der Waals surface area contributed by atoms with Crippen LogP contribution in [0.15, 0.2) is 30.3 Å². The van der Waals surface area contributed by atoms with Gasteiger partial charge in [-0.25, -0.2) is 0 Å². The maximum atomic E-state index is 9.47. The number of aliphatic hydroxyl groups is 2. The zero-order valence-electron chi connectivity index (χ0n) is 11.6. The molecule has 1 aromatic carbocycles. The molecule has 0 heterocycles. The summed E-state index contributed by atoms with van der Waals surface area (Å²) in [6.45, 7) is 1.79. The predicted molar refractivity (Wildman–Crippen MR) is 97.7 cm³/mol. The van der Waals surface area contributed by atoms with Crippen LogP contribution < -0.4 is 11.5 Å². The Hall–Kier alpha value is -0.940. The van der Waals surface area contributed by atoms with Crippen LogP contribution in [0.4, 0.5) is 0 Å². The molecule has 0 saturated heterocycles. The third-order valence-corrected chi connectivity index (χ3v) is 3.38. The van der Waals surface area contributed by atoms with E-state index in [1.54, 1.807) is 6.92 Å². The monoisotopic (exact) mass is 314 g/mol. The van der Waals surface area contributed by atoms with Gasteiger partial charge >= 0.3 is 0 Å². The Labute approximate surface area is 137 Å². The highest BCUT2D eigenvalue weighted by Crippen LogP contribution is 2.16. The van der Waals surface area contributed by atoms with E-state index in [1.165, 1.54) is 0 Å². The molecule has 0 aliphatic heterocycles. The molecule has 1 fully saturated rings. The van der Waals surface area contributed by atoms with E-state index in [2.05, 4.69) is 0 Å². The summed E-state index contributed by atoms with van der Waals surface area (Å²) in [7, 11) is 0. The topological polar surface area (TPSA) is 92.5 Å². The van der Waals surface area contributed by atoms with Gasteiger partial charge in [0.15, 0.2) is 0 Å². The molecular weight excluding hydrogens is 276 g/mol. The maximum absolute atomic E-state index is 9.47. The van der Waals surface area contributed by atoms with E-state index in [4.69, 9.17) is 16.6 Å². The fraction of sp³-hybridized carbons (Fsp3) is 0.667. The standard InChI is InChI=1S/C9H13NO.C6H13NO.3CH4/c1-7(10)9(11)8-5-3-2-4-6-8;7-5-1-3-6(8)4-2-5;;;/h2-7,9,11H,10H2,1H3;5-6,8H,1-4,7H2;3*1H4/t7-,9-;;;;/m1..../s1. The normalized spacial score (nSPS) is 22.4. The SMILES string of the molecule is C.C.C.C[C@@H](N)[C@@H](O)c1ccccc1.NC1CCC(O)CC1. The summed E-state index contributed by atoms with van der Waals surface area (Å²) in [4.78, 5) is 0. The van der Waals surface area contributed by atoms with Crippen molar-refractivity contribution in [1.82, 2.24) is 0 Å². The van der Waals surface area contributed by atoms with Crippen molar-refractivity contribution < 1.29 is 10.2 Å². The maximum Gasteiger partial charge on any atom is 0.0938 e. The Balaban J connectivity index is -0.000000299. The molecule has 0 spiro atoms. The van der Waals surface area contributed by atoms with E-state index >= 15 is 0 Å². The molecule has 1 aromatic rings. The van der Waals surface area contributed by atoms with Crippen LogP contribution in [0, 0.1) is 0 Å². The third kappa shape index (κ3) is 9.90. The molecule has 4 heteroatoms. The van der Waals surface area contributed by atoms with Crippen LogP contribution in [0.1, 0.15) is 66.6 Å². The van der Waals surface area contributed by atoms with Gasteiger partial charge in [0.1, 0.15) is 0 Å². The van der Waals surface area contributed by atoms with Crippen molar-refractivity contribution in [2.75, 3.05) is 0 Å². The highest BCUT2D eigenvalue weighted by Gasteiger charge is 2.14. The first-order valence-electron chi connectivity index (χ1n) is 6.93. The quantitative estimate of drug-likeness (QED) is 0.674. The van der Waals surface area contributed by atoms with Gasteiger partial charge in [-0.15, -0.1) is 0 Å². The van der Waals surface area contributed by atoms with E-state index in [0.717, 1.165) is 31.2 Å². The summed E-state index contributed by atoms with van der Waals surface area (Å²) < 4.78 is 0. The smallest absolute Gasteiger partial charge is 0.0938 e. The minimum absolute atomic E-state index is 0. The highest BCUT2D eigenvalue weighted by atomic mass is 16.3. The van der Waals surface area contributed by atoms with Gasteiger partial charge in [-0.05, 0) is 38.2 Å². The molecule has 0 unspecified atom stereocenters. The molecule has 2 atom stereocenters. The van der Waals surface area contributed by atoms with E-state index in [-0.39, 0.29) is 34.4 Å². The van der Waals surface area contributed by atoms with Crippen molar-refractivity contribution in [3.8, 4) is 0 Å². The summed E-state index contributed by atoms with van der Waals surface area (Å²) in [5, 5.41) is 18.4. The number of aliphatic hydroxyl groups excluding tert-OH is 2. The first-order valence-corrected chi connectivity index (χ1v) is 6.93. The second-order valence-electron chi connectivity index (χ2n) is 5.28. The third-order valence-electron chi connectivity index (χ3n) is 3.38. The molecule has 0 bridgehead atoms. The molecule has 0 amide bonds. The van der Waals surface area contributed by atoms with Crippen LogP contribution in [0.3, 0.4) is 0 Å².